The zero-order chi connectivity index (χ0) is 13.8. The molecule has 3 nitrogen and oxygen atoms in total. The first-order valence-corrected chi connectivity index (χ1v) is 7.34. The number of hydrogen-bond acceptors (Lipinski definition) is 3. The van der Waals surface area contributed by atoms with E-state index in [1.54, 1.807) is 12.1 Å². The van der Waals surface area contributed by atoms with E-state index in [1.165, 1.54) is 0 Å². The summed E-state index contributed by atoms with van der Waals surface area (Å²) >= 11 is 18.3. The van der Waals surface area contributed by atoms with Gasteiger partial charge in [-0.1, -0.05) is 34.8 Å². The van der Waals surface area contributed by atoms with Gasteiger partial charge in [-0.2, -0.15) is 0 Å². The van der Waals surface area contributed by atoms with Gasteiger partial charge in [-0.15, -0.1) is 0 Å². The van der Waals surface area contributed by atoms with Crippen molar-refractivity contribution in [3.05, 3.63) is 32.8 Å². The minimum Gasteiger partial charge on any atom is -0.374 e. The largest absolute Gasteiger partial charge is 0.374 e. The Balaban J connectivity index is 1.87. The van der Waals surface area contributed by atoms with Crippen molar-refractivity contribution in [2.75, 3.05) is 33.3 Å². The van der Waals surface area contributed by atoms with E-state index in [4.69, 9.17) is 39.5 Å². The molecule has 19 heavy (non-hydrogen) atoms. The fraction of sp³-hybridized carbons (Fsp3) is 0.538. The molecule has 0 bridgehead atoms. The van der Waals surface area contributed by atoms with E-state index in [9.17, 15) is 0 Å². The summed E-state index contributed by atoms with van der Waals surface area (Å²) < 4.78 is 5.67. The Hall–Kier alpha value is -0.0300. The lowest BCUT2D eigenvalue weighted by Gasteiger charge is -2.30. The molecule has 1 fully saturated rings. The lowest BCUT2D eigenvalue weighted by molar-refractivity contribution is -0.0182. The van der Waals surface area contributed by atoms with Crippen LogP contribution in [-0.4, -0.2) is 44.3 Å². The minimum atomic E-state index is 0.204. The SMILES string of the molecule is CN1CCOC(CNCc2c(Cl)ccc(Cl)c2Cl)C1. The van der Waals surface area contributed by atoms with Gasteiger partial charge in [0.1, 0.15) is 0 Å². The van der Waals surface area contributed by atoms with E-state index in [-0.39, 0.29) is 6.10 Å². The molecule has 1 aliphatic heterocycles. The third-order valence-electron chi connectivity index (χ3n) is 3.15. The smallest absolute Gasteiger partial charge is 0.0826 e. The van der Waals surface area contributed by atoms with Gasteiger partial charge in [-0.25, -0.2) is 0 Å². The summed E-state index contributed by atoms with van der Waals surface area (Å²) in [7, 11) is 2.10. The van der Waals surface area contributed by atoms with Crippen LogP contribution in [0.1, 0.15) is 5.56 Å². The van der Waals surface area contributed by atoms with Crippen molar-refractivity contribution in [1.82, 2.24) is 10.2 Å². The Morgan fingerprint density at radius 1 is 1.32 bits per heavy atom. The monoisotopic (exact) mass is 322 g/mol. The first-order valence-electron chi connectivity index (χ1n) is 6.21. The second kappa shape index (κ2) is 7.11. The van der Waals surface area contributed by atoms with Crippen molar-refractivity contribution in [2.24, 2.45) is 0 Å². The minimum absolute atomic E-state index is 0.204. The molecule has 6 heteroatoms. The van der Waals surface area contributed by atoms with E-state index in [0.29, 0.717) is 21.6 Å². The predicted molar refractivity (Wildman–Crippen MR) is 80.4 cm³/mol. The van der Waals surface area contributed by atoms with Gasteiger partial charge in [-0.3, -0.25) is 0 Å². The van der Waals surface area contributed by atoms with E-state index >= 15 is 0 Å². The van der Waals surface area contributed by atoms with Crippen molar-refractivity contribution in [3.8, 4) is 0 Å². The molecule has 1 aliphatic rings. The highest BCUT2D eigenvalue weighted by Gasteiger charge is 2.17. The molecule has 0 saturated carbocycles. The highest BCUT2D eigenvalue weighted by atomic mass is 35.5. The van der Waals surface area contributed by atoms with Gasteiger partial charge in [0.15, 0.2) is 0 Å². The van der Waals surface area contributed by atoms with Gasteiger partial charge >= 0.3 is 0 Å². The number of morpholine rings is 1. The topological polar surface area (TPSA) is 24.5 Å². The zero-order valence-electron chi connectivity index (χ0n) is 10.8. The third kappa shape index (κ3) is 4.22. The van der Waals surface area contributed by atoms with Crippen molar-refractivity contribution in [3.63, 3.8) is 0 Å². The Kier molecular flexibility index (Phi) is 5.75. The van der Waals surface area contributed by atoms with Crippen LogP contribution in [0.15, 0.2) is 12.1 Å². The summed E-state index contributed by atoms with van der Waals surface area (Å²) in [4.78, 5) is 2.26. The summed E-state index contributed by atoms with van der Waals surface area (Å²) in [5.74, 6) is 0. The maximum Gasteiger partial charge on any atom is 0.0826 e. The van der Waals surface area contributed by atoms with E-state index < -0.39 is 0 Å². The summed E-state index contributed by atoms with van der Waals surface area (Å²) in [6.07, 6.45) is 0.204. The normalized spacial score (nSPS) is 20.7. The molecule has 2 rings (SSSR count). The summed E-state index contributed by atoms with van der Waals surface area (Å²) in [5.41, 5.74) is 0.833. The van der Waals surface area contributed by atoms with Crippen molar-refractivity contribution >= 4 is 34.8 Å². The maximum absolute atomic E-state index is 6.15. The predicted octanol–water partition coefficient (Wildman–Crippen LogP) is 3.07. The van der Waals surface area contributed by atoms with Crippen molar-refractivity contribution in [1.29, 1.82) is 0 Å². The van der Waals surface area contributed by atoms with Gasteiger partial charge in [0.2, 0.25) is 0 Å². The third-order valence-corrected chi connectivity index (χ3v) is 4.35. The molecule has 0 amide bonds. The van der Waals surface area contributed by atoms with Gasteiger partial charge in [0.05, 0.1) is 22.8 Å². The quantitative estimate of drug-likeness (QED) is 0.862. The van der Waals surface area contributed by atoms with Gasteiger partial charge in [0, 0.05) is 36.8 Å². The molecule has 1 aromatic carbocycles. The van der Waals surface area contributed by atoms with Crippen LogP contribution in [0.3, 0.4) is 0 Å². The Labute approximate surface area is 128 Å². The molecule has 1 N–H and O–H groups in total. The Bertz CT molecular complexity index is 442. The lowest BCUT2D eigenvalue weighted by Crippen LogP contribution is -2.44. The molecular weight excluding hydrogens is 307 g/mol. The highest BCUT2D eigenvalue weighted by molar-refractivity contribution is 6.44. The zero-order valence-corrected chi connectivity index (χ0v) is 13.0. The van der Waals surface area contributed by atoms with E-state index in [2.05, 4.69) is 17.3 Å². The molecule has 106 valence electrons. The van der Waals surface area contributed by atoms with Crippen LogP contribution in [0.5, 0.6) is 0 Å². The highest BCUT2D eigenvalue weighted by Crippen LogP contribution is 2.31. The first-order chi connectivity index (χ1) is 9.08. The number of nitrogens with one attached hydrogen (secondary N) is 1. The van der Waals surface area contributed by atoms with Crippen LogP contribution in [0.2, 0.25) is 15.1 Å². The van der Waals surface area contributed by atoms with Crippen molar-refractivity contribution in [2.45, 2.75) is 12.6 Å². The standard InChI is InChI=1S/C13H17Cl3N2O/c1-18-4-5-19-9(8-18)6-17-7-10-11(14)2-3-12(15)13(10)16/h2-3,9,17H,4-8H2,1H3. The number of ether oxygens (including phenoxy) is 1. The van der Waals surface area contributed by atoms with Crippen LogP contribution in [0.4, 0.5) is 0 Å². The molecule has 0 aromatic heterocycles. The number of hydrogen-bond donors (Lipinski definition) is 1. The van der Waals surface area contributed by atoms with Crippen molar-refractivity contribution < 1.29 is 4.74 Å². The van der Waals surface area contributed by atoms with Crippen LogP contribution >= 0.6 is 34.8 Å². The van der Waals surface area contributed by atoms with Crippen LogP contribution in [0, 0.1) is 0 Å². The molecule has 1 aromatic rings. The van der Waals surface area contributed by atoms with Crippen LogP contribution in [0.25, 0.3) is 0 Å². The number of nitrogens with zero attached hydrogens (tertiary/aromatic N) is 1. The fourth-order valence-electron chi connectivity index (χ4n) is 2.08. The molecule has 1 heterocycles. The molecule has 1 unspecified atom stereocenters. The van der Waals surface area contributed by atoms with E-state index in [0.717, 1.165) is 31.8 Å². The second-order valence-corrected chi connectivity index (χ2v) is 5.90. The van der Waals surface area contributed by atoms with Gasteiger partial charge in [-0.05, 0) is 19.2 Å². The molecule has 1 atom stereocenters. The molecule has 1 saturated heterocycles. The van der Waals surface area contributed by atoms with E-state index in [1.807, 2.05) is 0 Å². The molecular formula is C13H17Cl3N2O. The summed E-state index contributed by atoms with van der Waals surface area (Å²) in [6, 6.07) is 3.46. The fourth-order valence-corrected chi connectivity index (χ4v) is 2.76. The number of halogens is 3. The maximum atomic E-state index is 6.15. The van der Waals surface area contributed by atoms with Crippen LogP contribution < -0.4 is 5.32 Å². The Morgan fingerprint density at radius 3 is 2.79 bits per heavy atom. The number of likely N-dealkylation sites (N-methyl/N-ethyl adjacent to an activating group) is 1. The Morgan fingerprint density at radius 2 is 2.05 bits per heavy atom. The van der Waals surface area contributed by atoms with Gasteiger partial charge in [0.25, 0.3) is 0 Å². The second-order valence-electron chi connectivity index (χ2n) is 4.71. The van der Waals surface area contributed by atoms with Gasteiger partial charge < -0.3 is 15.0 Å². The van der Waals surface area contributed by atoms with Crippen LogP contribution in [-0.2, 0) is 11.3 Å². The number of rotatable bonds is 4. The summed E-state index contributed by atoms with van der Waals surface area (Å²) in [6.45, 7) is 4.05. The molecule has 0 spiro atoms. The summed E-state index contributed by atoms with van der Waals surface area (Å²) in [5, 5.41) is 4.99. The lowest BCUT2D eigenvalue weighted by atomic mass is 10.2. The average Bonchev–Trinajstić information content (AvgIpc) is 2.38. The average molecular weight is 324 g/mol. The molecule has 0 aliphatic carbocycles. The first kappa shape index (κ1) is 15.4. The number of benzene rings is 1. The molecule has 0 radical (unpaired) electrons.